The van der Waals surface area contributed by atoms with Crippen molar-refractivity contribution in [2.45, 2.75) is 0 Å². The summed E-state index contributed by atoms with van der Waals surface area (Å²) < 4.78 is 5.03. The predicted molar refractivity (Wildman–Crippen MR) is 80.1 cm³/mol. The van der Waals surface area contributed by atoms with E-state index in [9.17, 15) is 4.79 Å². The molecule has 7 nitrogen and oxygen atoms in total. The van der Waals surface area contributed by atoms with Crippen molar-refractivity contribution in [2.24, 2.45) is 5.73 Å². The van der Waals surface area contributed by atoms with Gasteiger partial charge in [-0.1, -0.05) is 12.2 Å². The van der Waals surface area contributed by atoms with E-state index in [1.807, 2.05) is 0 Å². The largest absolute Gasteiger partial charge is 0.497 e. The van der Waals surface area contributed by atoms with E-state index in [1.54, 1.807) is 31.4 Å². The molecule has 0 fully saturated rings. The van der Waals surface area contributed by atoms with Crippen molar-refractivity contribution in [2.75, 3.05) is 17.7 Å². The Kier molecular flexibility index (Phi) is 4.16. The van der Waals surface area contributed by atoms with Gasteiger partial charge in [0.2, 0.25) is 0 Å². The lowest BCUT2D eigenvalue weighted by atomic mass is 10.3. The third-order valence-corrected chi connectivity index (χ3v) is 2.71. The number of H-pyrrole nitrogens is 1. The molecular formula is C12H13N5O2S. The Balaban J connectivity index is 2.01. The van der Waals surface area contributed by atoms with Crippen LogP contribution in [0, 0.1) is 0 Å². The minimum absolute atomic E-state index is 0.151. The first-order chi connectivity index (χ1) is 9.60. The molecule has 0 saturated carbocycles. The van der Waals surface area contributed by atoms with Gasteiger partial charge in [0.15, 0.2) is 0 Å². The molecule has 2 aromatic rings. The van der Waals surface area contributed by atoms with Crippen LogP contribution in [0.15, 0.2) is 30.5 Å². The first-order valence-corrected chi connectivity index (χ1v) is 6.06. The van der Waals surface area contributed by atoms with Crippen LogP contribution < -0.4 is 21.1 Å². The fourth-order valence-electron chi connectivity index (χ4n) is 1.52. The van der Waals surface area contributed by atoms with Crippen molar-refractivity contribution < 1.29 is 9.53 Å². The summed E-state index contributed by atoms with van der Waals surface area (Å²) >= 11 is 4.85. The SMILES string of the molecule is COc1ccc(NC(=O)Nc2[nH]ncc2C(N)=S)cc1. The number of carbonyl (C=O) groups is 1. The number of nitrogens with one attached hydrogen (secondary N) is 3. The van der Waals surface area contributed by atoms with Gasteiger partial charge in [0.1, 0.15) is 16.6 Å². The highest BCUT2D eigenvalue weighted by molar-refractivity contribution is 7.80. The van der Waals surface area contributed by atoms with E-state index in [-0.39, 0.29) is 4.99 Å². The number of rotatable bonds is 4. The monoisotopic (exact) mass is 291 g/mol. The van der Waals surface area contributed by atoms with Crippen LogP contribution in [0.5, 0.6) is 5.75 Å². The standard InChI is InChI=1S/C12H13N5O2S/c1-19-8-4-2-7(3-5-8)15-12(18)16-11-9(10(13)20)6-14-17-11/h2-6H,1H3,(H2,13,20)(H3,14,15,16,17,18). The van der Waals surface area contributed by atoms with Gasteiger partial charge in [-0.25, -0.2) is 4.79 Å². The highest BCUT2D eigenvalue weighted by Gasteiger charge is 2.10. The molecule has 0 aliphatic rings. The average Bonchev–Trinajstić information content (AvgIpc) is 2.87. The van der Waals surface area contributed by atoms with E-state index in [2.05, 4.69) is 20.8 Å². The summed E-state index contributed by atoms with van der Waals surface area (Å²) in [4.78, 5) is 12.0. The smallest absolute Gasteiger partial charge is 0.324 e. The normalized spacial score (nSPS) is 9.85. The van der Waals surface area contributed by atoms with Crippen LogP contribution in [0.4, 0.5) is 16.3 Å². The fraction of sp³-hybridized carbons (Fsp3) is 0.0833. The van der Waals surface area contributed by atoms with Crippen LogP contribution in [-0.4, -0.2) is 28.3 Å². The third kappa shape index (κ3) is 3.23. The van der Waals surface area contributed by atoms with E-state index in [0.717, 1.165) is 0 Å². The molecule has 0 bridgehead atoms. The summed E-state index contributed by atoms with van der Waals surface area (Å²) in [5.41, 5.74) is 6.61. The van der Waals surface area contributed by atoms with Gasteiger partial charge in [0, 0.05) is 5.69 Å². The predicted octanol–water partition coefficient (Wildman–Crippen LogP) is 1.70. The van der Waals surface area contributed by atoms with E-state index in [4.69, 9.17) is 22.7 Å². The fourth-order valence-corrected chi connectivity index (χ4v) is 1.67. The van der Waals surface area contributed by atoms with Crippen LogP contribution in [-0.2, 0) is 0 Å². The number of hydrogen-bond acceptors (Lipinski definition) is 4. The van der Waals surface area contributed by atoms with Gasteiger partial charge in [0.25, 0.3) is 0 Å². The lowest BCUT2D eigenvalue weighted by Crippen LogP contribution is -2.21. The average molecular weight is 291 g/mol. The molecular weight excluding hydrogens is 278 g/mol. The number of carbonyl (C=O) groups excluding carboxylic acids is 1. The molecule has 5 N–H and O–H groups in total. The van der Waals surface area contributed by atoms with E-state index >= 15 is 0 Å². The Morgan fingerprint density at radius 3 is 2.65 bits per heavy atom. The number of urea groups is 1. The van der Waals surface area contributed by atoms with Crippen molar-refractivity contribution >= 4 is 34.7 Å². The zero-order valence-corrected chi connectivity index (χ0v) is 11.5. The van der Waals surface area contributed by atoms with Gasteiger partial charge in [-0.2, -0.15) is 5.10 Å². The molecule has 2 amide bonds. The number of nitrogens with two attached hydrogens (primary N) is 1. The molecule has 0 saturated heterocycles. The Morgan fingerprint density at radius 1 is 1.35 bits per heavy atom. The maximum absolute atomic E-state index is 11.8. The number of anilines is 2. The molecule has 2 rings (SSSR count). The minimum atomic E-state index is -0.433. The highest BCUT2D eigenvalue weighted by atomic mass is 32.1. The second-order valence-electron chi connectivity index (χ2n) is 3.83. The second-order valence-corrected chi connectivity index (χ2v) is 4.27. The number of aromatic amines is 1. The molecule has 8 heteroatoms. The quantitative estimate of drug-likeness (QED) is 0.642. The molecule has 1 aromatic carbocycles. The molecule has 0 aliphatic carbocycles. The summed E-state index contributed by atoms with van der Waals surface area (Å²) in [6.07, 6.45) is 1.45. The Morgan fingerprint density at radius 2 is 2.05 bits per heavy atom. The number of ether oxygens (including phenoxy) is 1. The Bertz CT molecular complexity index is 623. The van der Waals surface area contributed by atoms with Gasteiger partial charge >= 0.3 is 6.03 Å². The molecule has 0 unspecified atom stereocenters. The van der Waals surface area contributed by atoms with Gasteiger partial charge in [0.05, 0.1) is 18.9 Å². The summed E-state index contributed by atoms with van der Waals surface area (Å²) in [6.45, 7) is 0. The maximum atomic E-state index is 11.8. The molecule has 1 aromatic heterocycles. The third-order valence-electron chi connectivity index (χ3n) is 2.49. The molecule has 0 spiro atoms. The first kappa shape index (κ1) is 13.8. The topological polar surface area (TPSA) is 105 Å². The summed E-state index contributed by atoms with van der Waals surface area (Å²) in [6, 6.07) is 6.50. The molecule has 0 atom stereocenters. The number of benzene rings is 1. The zero-order chi connectivity index (χ0) is 14.5. The van der Waals surface area contributed by atoms with Gasteiger partial charge in [-0.15, -0.1) is 0 Å². The molecule has 104 valence electrons. The first-order valence-electron chi connectivity index (χ1n) is 5.65. The zero-order valence-electron chi connectivity index (χ0n) is 10.6. The number of thiocarbonyl (C=S) groups is 1. The van der Waals surface area contributed by atoms with Crippen molar-refractivity contribution in [3.63, 3.8) is 0 Å². The summed E-state index contributed by atoms with van der Waals surface area (Å²) in [5.74, 6) is 1.06. The number of amides is 2. The molecule has 0 radical (unpaired) electrons. The Labute approximate surface area is 120 Å². The maximum Gasteiger partial charge on any atom is 0.324 e. The lowest BCUT2D eigenvalue weighted by molar-refractivity contribution is 0.262. The molecule has 0 aliphatic heterocycles. The van der Waals surface area contributed by atoms with Crippen molar-refractivity contribution in [3.8, 4) is 5.75 Å². The van der Waals surface area contributed by atoms with E-state index < -0.39 is 6.03 Å². The Hall–Kier alpha value is -2.61. The number of hydrogen-bond donors (Lipinski definition) is 4. The van der Waals surface area contributed by atoms with Crippen LogP contribution in [0.3, 0.4) is 0 Å². The lowest BCUT2D eigenvalue weighted by Gasteiger charge is -2.08. The molecule has 1 heterocycles. The van der Waals surface area contributed by atoms with Crippen LogP contribution in [0.1, 0.15) is 5.56 Å². The summed E-state index contributed by atoms with van der Waals surface area (Å²) in [5, 5.41) is 11.6. The highest BCUT2D eigenvalue weighted by Crippen LogP contribution is 2.16. The number of nitrogens with zero attached hydrogens (tertiary/aromatic N) is 1. The number of aromatic nitrogens is 2. The van der Waals surface area contributed by atoms with Gasteiger partial charge in [-0.3, -0.25) is 10.4 Å². The second kappa shape index (κ2) is 6.02. The minimum Gasteiger partial charge on any atom is -0.497 e. The molecule has 20 heavy (non-hydrogen) atoms. The van der Waals surface area contributed by atoms with Gasteiger partial charge < -0.3 is 15.8 Å². The summed E-state index contributed by atoms with van der Waals surface area (Å²) in [7, 11) is 1.57. The van der Waals surface area contributed by atoms with Crippen molar-refractivity contribution in [1.82, 2.24) is 10.2 Å². The van der Waals surface area contributed by atoms with E-state index in [1.165, 1.54) is 6.20 Å². The van der Waals surface area contributed by atoms with Crippen LogP contribution in [0.25, 0.3) is 0 Å². The number of methoxy groups -OCH3 is 1. The van der Waals surface area contributed by atoms with Crippen LogP contribution >= 0.6 is 12.2 Å². The van der Waals surface area contributed by atoms with Crippen molar-refractivity contribution in [1.29, 1.82) is 0 Å². The van der Waals surface area contributed by atoms with Gasteiger partial charge in [-0.05, 0) is 24.3 Å². The van der Waals surface area contributed by atoms with Crippen LogP contribution in [0.2, 0.25) is 0 Å². The van der Waals surface area contributed by atoms with Crippen molar-refractivity contribution in [3.05, 3.63) is 36.0 Å². The van der Waals surface area contributed by atoms with E-state index in [0.29, 0.717) is 22.8 Å².